The first kappa shape index (κ1) is 28.2. The fraction of sp³-hybridized carbons (Fsp3) is 0.400. The summed E-state index contributed by atoms with van der Waals surface area (Å²) in [7, 11) is -2.58. The number of benzene rings is 2. The summed E-state index contributed by atoms with van der Waals surface area (Å²) in [6, 6.07) is 18.5. The van der Waals surface area contributed by atoms with E-state index in [4.69, 9.17) is 9.47 Å². The van der Waals surface area contributed by atoms with Gasteiger partial charge in [0.05, 0.1) is 17.6 Å². The van der Waals surface area contributed by atoms with E-state index in [0.717, 1.165) is 45.0 Å². The second-order valence-corrected chi connectivity index (χ2v) is 12.2. The van der Waals surface area contributed by atoms with Crippen molar-refractivity contribution in [1.29, 1.82) is 0 Å². The van der Waals surface area contributed by atoms with Gasteiger partial charge in [-0.2, -0.15) is 4.31 Å². The Kier molecular flexibility index (Phi) is 9.11. The Balaban J connectivity index is 1.12. The zero-order valence-corrected chi connectivity index (χ0v) is 23.6. The van der Waals surface area contributed by atoms with E-state index in [1.807, 2.05) is 30.6 Å². The molecule has 10 heteroatoms. The molecule has 0 bridgehead atoms. The summed E-state index contributed by atoms with van der Waals surface area (Å²) >= 11 is 0. The molecular weight excluding hydrogens is 528 g/mol. The molecule has 0 unspecified atom stereocenters. The summed E-state index contributed by atoms with van der Waals surface area (Å²) in [6.45, 7) is 6.52. The lowest BCUT2D eigenvalue weighted by molar-refractivity contribution is 0.0596. The highest BCUT2D eigenvalue weighted by Crippen LogP contribution is 2.27. The van der Waals surface area contributed by atoms with Crippen LogP contribution in [0, 0.1) is 0 Å². The zero-order valence-electron chi connectivity index (χ0n) is 22.8. The molecule has 3 aromatic rings. The van der Waals surface area contributed by atoms with E-state index >= 15 is 0 Å². The molecule has 40 heavy (non-hydrogen) atoms. The van der Waals surface area contributed by atoms with Gasteiger partial charge in [-0.05, 0) is 54.3 Å². The number of rotatable bonds is 9. The summed E-state index contributed by atoms with van der Waals surface area (Å²) < 4.78 is 39.1. The van der Waals surface area contributed by atoms with Crippen LogP contribution in [0.15, 0.2) is 78.0 Å². The van der Waals surface area contributed by atoms with Gasteiger partial charge in [-0.1, -0.05) is 30.3 Å². The van der Waals surface area contributed by atoms with Gasteiger partial charge in [0.2, 0.25) is 10.0 Å². The number of piperidine rings is 1. The van der Waals surface area contributed by atoms with Crippen LogP contribution < -0.4 is 4.74 Å². The first-order valence-electron chi connectivity index (χ1n) is 13.7. The standard InChI is InChI=1S/C30H36N4O5S/c1-38-30(35)28-9-2-3-10-29(28)40(36,37)34-14-11-26(12-15-34)39-27-8-4-6-24(20-27)22-32-16-18-33(19-17-32)23-25-7-5-13-31-21-25/h2-10,13,20-21,26H,11-12,14-19,22-23H2,1H3. The summed E-state index contributed by atoms with van der Waals surface area (Å²) in [4.78, 5) is 21.2. The Morgan fingerprint density at radius 3 is 2.23 bits per heavy atom. The number of hydrogen-bond donors (Lipinski definition) is 0. The molecule has 0 N–H and O–H groups in total. The number of sulfonamides is 1. The van der Waals surface area contributed by atoms with Gasteiger partial charge in [0, 0.05) is 64.8 Å². The number of ether oxygens (including phenoxy) is 2. The summed E-state index contributed by atoms with van der Waals surface area (Å²) in [5.74, 6) is 0.147. The number of methoxy groups -OCH3 is 1. The van der Waals surface area contributed by atoms with E-state index in [9.17, 15) is 13.2 Å². The maximum absolute atomic E-state index is 13.3. The highest BCUT2D eigenvalue weighted by atomic mass is 32.2. The fourth-order valence-corrected chi connectivity index (χ4v) is 6.97. The molecule has 0 amide bonds. The summed E-state index contributed by atoms with van der Waals surface area (Å²) in [6.07, 6.45) is 4.81. The fourth-order valence-electron chi connectivity index (χ4n) is 5.32. The summed E-state index contributed by atoms with van der Waals surface area (Å²) in [5, 5.41) is 0. The molecule has 9 nitrogen and oxygen atoms in total. The second-order valence-electron chi connectivity index (χ2n) is 10.3. The monoisotopic (exact) mass is 564 g/mol. The third-order valence-electron chi connectivity index (χ3n) is 7.51. The molecular formula is C30H36N4O5S. The van der Waals surface area contributed by atoms with Gasteiger partial charge in [-0.25, -0.2) is 13.2 Å². The number of aromatic nitrogens is 1. The van der Waals surface area contributed by atoms with Crippen LogP contribution in [0.2, 0.25) is 0 Å². The quantitative estimate of drug-likeness (QED) is 0.365. The van der Waals surface area contributed by atoms with E-state index in [0.29, 0.717) is 25.9 Å². The molecule has 1 aromatic heterocycles. The number of carbonyl (C=O) groups excluding carboxylic acids is 1. The maximum atomic E-state index is 13.3. The molecule has 0 aliphatic carbocycles. The van der Waals surface area contributed by atoms with Crippen LogP contribution in [0.3, 0.4) is 0 Å². The molecule has 2 aliphatic rings. The van der Waals surface area contributed by atoms with Crippen molar-refractivity contribution < 1.29 is 22.7 Å². The molecule has 2 saturated heterocycles. The van der Waals surface area contributed by atoms with Gasteiger partial charge in [0.25, 0.3) is 0 Å². The van der Waals surface area contributed by atoms with Crippen molar-refractivity contribution in [1.82, 2.24) is 19.1 Å². The normalized spacial score (nSPS) is 17.9. The van der Waals surface area contributed by atoms with Crippen LogP contribution >= 0.6 is 0 Å². The lowest BCUT2D eigenvalue weighted by atomic mass is 10.1. The maximum Gasteiger partial charge on any atom is 0.339 e. The number of hydrogen-bond acceptors (Lipinski definition) is 8. The Labute approximate surface area is 236 Å². The van der Waals surface area contributed by atoms with Crippen molar-refractivity contribution in [2.24, 2.45) is 0 Å². The number of nitrogens with zero attached hydrogens (tertiary/aromatic N) is 4. The largest absolute Gasteiger partial charge is 0.490 e. The van der Waals surface area contributed by atoms with Crippen LogP contribution in [-0.2, 0) is 27.8 Å². The molecule has 2 aliphatic heterocycles. The van der Waals surface area contributed by atoms with Crippen molar-refractivity contribution in [2.75, 3.05) is 46.4 Å². The molecule has 3 heterocycles. The van der Waals surface area contributed by atoms with Gasteiger partial charge in [0.1, 0.15) is 11.9 Å². The van der Waals surface area contributed by atoms with Crippen molar-refractivity contribution >= 4 is 16.0 Å². The van der Waals surface area contributed by atoms with E-state index in [1.54, 1.807) is 12.1 Å². The highest BCUT2D eigenvalue weighted by molar-refractivity contribution is 7.89. The first-order chi connectivity index (χ1) is 19.4. The van der Waals surface area contributed by atoms with E-state index < -0.39 is 16.0 Å². The minimum Gasteiger partial charge on any atom is -0.490 e. The van der Waals surface area contributed by atoms with Crippen molar-refractivity contribution in [3.8, 4) is 5.75 Å². The molecule has 0 atom stereocenters. The zero-order chi connectivity index (χ0) is 28.0. The van der Waals surface area contributed by atoms with Crippen LogP contribution in [0.1, 0.15) is 34.3 Å². The van der Waals surface area contributed by atoms with Crippen LogP contribution in [0.5, 0.6) is 5.75 Å². The molecule has 2 fully saturated rings. The number of carbonyl (C=O) groups is 1. The third-order valence-corrected chi connectivity index (χ3v) is 9.47. The predicted molar refractivity (Wildman–Crippen MR) is 151 cm³/mol. The molecule has 0 radical (unpaired) electrons. The van der Waals surface area contributed by atoms with E-state index in [1.165, 1.54) is 34.7 Å². The van der Waals surface area contributed by atoms with Gasteiger partial charge >= 0.3 is 5.97 Å². The highest BCUT2D eigenvalue weighted by Gasteiger charge is 2.33. The van der Waals surface area contributed by atoms with Gasteiger partial charge in [-0.15, -0.1) is 0 Å². The van der Waals surface area contributed by atoms with Crippen molar-refractivity contribution in [3.63, 3.8) is 0 Å². The minimum absolute atomic E-state index is 0.0215. The van der Waals surface area contributed by atoms with Gasteiger partial charge in [0.15, 0.2) is 0 Å². The van der Waals surface area contributed by atoms with Crippen molar-refractivity contribution in [3.05, 3.63) is 89.7 Å². The van der Waals surface area contributed by atoms with E-state index in [-0.39, 0.29) is 16.6 Å². The molecule has 5 rings (SSSR count). The Morgan fingerprint density at radius 1 is 0.875 bits per heavy atom. The molecule has 0 spiro atoms. The van der Waals surface area contributed by atoms with Gasteiger partial charge < -0.3 is 9.47 Å². The molecule has 212 valence electrons. The number of esters is 1. The smallest absolute Gasteiger partial charge is 0.339 e. The lowest BCUT2D eigenvalue weighted by Crippen LogP contribution is -2.45. The van der Waals surface area contributed by atoms with E-state index in [2.05, 4.69) is 33.0 Å². The van der Waals surface area contributed by atoms with Crippen LogP contribution in [0.4, 0.5) is 0 Å². The van der Waals surface area contributed by atoms with Crippen LogP contribution in [0.25, 0.3) is 0 Å². The van der Waals surface area contributed by atoms with Crippen molar-refractivity contribution in [2.45, 2.75) is 36.9 Å². The Hall–Kier alpha value is -3.31. The number of piperazine rings is 1. The molecule has 2 aromatic carbocycles. The first-order valence-corrected chi connectivity index (χ1v) is 15.1. The lowest BCUT2D eigenvalue weighted by Gasteiger charge is -2.34. The second kappa shape index (κ2) is 12.9. The van der Waals surface area contributed by atoms with Gasteiger partial charge in [-0.3, -0.25) is 14.8 Å². The summed E-state index contributed by atoms with van der Waals surface area (Å²) in [5.41, 5.74) is 2.50. The molecule has 0 saturated carbocycles. The Bertz CT molecular complexity index is 1390. The van der Waals surface area contributed by atoms with Crippen LogP contribution in [-0.4, -0.2) is 86.0 Å². The SMILES string of the molecule is COC(=O)c1ccccc1S(=O)(=O)N1CCC(Oc2cccc(CN3CCN(Cc4cccnc4)CC3)c2)CC1. The number of pyridine rings is 1. The predicted octanol–water partition coefficient (Wildman–Crippen LogP) is 3.42. The Morgan fingerprint density at radius 2 is 1.55 bits per heavy atom. The third kappa shape index (κ3) is 6.87. The minimum atomic E-state index is -3.82. The average molecular weight is 565 g/mol. The topological polar surface area (TPSA) is 92.3 Å². The average Bonchev–Trinajstić information content (AvgIpc) is 2.99.